The number of aryl methyl sites for hydroxylation is 6. The van der Waals surface area contributed by atoms with Gasteiger partial charge >= 0.3 is 29.6 Å². The van der Waals surface area contributed by atoms with Gasteiger partial charge in [0.15, 0.2) is 0 Å². The summed E-state index contributed by atoms with van der Waals surface area (Å²) in [5.74, 6) is 4.10. The number of aliphatic hydroxyl groups excluding tert-OH is 1. The predicted octanol–water partition coefficient (Wildman–Crippen LogP) is 2.93. The first-order valence-corrected chi connectivity index (χ1v) is 16.3. The first kappa shape index (κ1) is 37.5. The number of benzene rings is 2. The Bertz CT molecular complexity index is 1330. The van der Waals surface area contributed by atoms with Gasteiger partial charge in [-0.05, 0) is 112 Å². The van der Waals surface area contributed by atoms with Gasteiger partial charge in [-0.25, -0.2) is 0 Å². The van der Waals surface area contributed by atoms with E-state index in [1.54, 1.807) is 11.8 Å². The van der Waals surface area contributed by atoms with E-state index in [1.165, 1.54) is 27.8 Å². The standard InChI is InChI=1S/C17H21NOS.C16H19NO2S.Na.2H2O/c1-10-7-11(2)14(12(3)8-10)15-13(4)17(18-16(15)19)5-6-20-9-17;1-9-6-10(2)12(11(3)7-9)13-14(18)16(17-15(13)19)4-5-20-8-16;;;/h7-8H,5-6,9H2,1-4H3,(H,18,19);6-7,18H,4-5,8H2,1-3H3,(H,17,19);;2*1H2/q;;+1;;/p-2. The third kappa shape index (κ3) is 6.64. The molecule has 4 heterocycles. The van der Waals surface area contributed by atoms with Crippen LogP contribution in [0.2, 0.25) is 0 Å². The number of nitrogens with one attached hydrogen (secondary N) is 2. The quantitative estimate of drug-likeness (QED) is 0.433. The molecule has 5 N–H and O–H groups in total. The molecule has 2 fully saturated rings. The molecule has 7 nitrogen and oxygen atoms in total. The third-order valence-electron chi connectivity index (χ3n) is 8.84. The van der Waals surface area contributed by atoms with E-state index in [9.17, 15) is 14.7 Å². The maximum Gasteiger partial charge on any atom is 1.00 e. The summed E-state index contributed by atoms with van der Waals surface area (Å²) >= 11 is 3.71. The second-order valence-electron chi connectivity index (χ2n) is 11.9. The van der Waals surface area contributed by atoms with E-state index in [2.05, 4.69) is 62.6 Å². The largest absolute Gasteiger partial charge is 1.00 e. The second-order valence-corrected chi connectivity index (χ2v) is 14.2. The van der Waals surface area contributed by atoms with Gasteiger partial charge < -0.3 is 26.7 Å². The fourth-order valence-electron chi connectivity index (χ4n) is 6.96. The summed E-state index contributed by atoms with van der Waals surface area (Å²) in [6.45, 7) is 14.5. The van der Waals surface area contributed by atoms with Crippen LogP contribution in [-0.2, 0) is 9.59 Å². The summed E-state index contributed by atoms with van der Waals surface area (Å²) in [5, 5.41) is 16.9. The summed E-state index contributed by atoms with van der Waals surface area (Å²) < 4.78 is 0. The van der Waals surface area contributed by atoms with E-state index < -0.39 is 5.54 Å². The van der Waals surface area contributed by atoms with Crippen molar-refractivity contribution in [1.29, 1.82) is 0 Å². The van der Waals surface area contributed by atoms with Crippen molar-refractivity contribution in [1.82, 2.24) is 10.6 Å². The summed E-state index contributed by atoms with van der Waals surface area (Å²) in [6, 6.07) is 8.46. The van der Waals surface area contributed by atoms with Crippen LogP contribution in [0.15, 0.2) is 35.6 Å². The Morgan fingerprint density at radius 2 is 1.02 bits per heavy atom. The van der Waals surface area contributed by atoms with Crippen LogP contribution in [0.4, 0.5) is 0 Å². The number of hydrogen-bond acceptors (Lipinski definition) is 7. The number of rotatable bonds is 2. The van der Waals surface area contributed by atoms with Gasteiger partial charge in [-0.3, -0.25) is 9.59 Å². The van der Waals surface area contributed by atoms with Crippen LogP contribution in [-0.4, -0.2) is 62.0 Å². The molecule has 4 aliphatic rings. The minimum Gasteiger partial charge on any atom is -0.870 e. The Kier molecular flexibility index (Phi) is 12.3. The van der Waals surface area contributed by atoms with Crippen molar-refractivity contribution in [2.75, 3.05) is 23.0 Å². The summed E-state index contributed by atoms with van der Waals surface area (Å²) in [5.41, 5.74) is 11.0. The minimum atomic E-state index is -0.527. The van der Waals surface area contributed by atoms with Gasteiger partial charge in [-0.1, -0.05) is 35.4 Å². The minimum absolute atomic E-state index is 0. The topological polar surface area (TPSA) is 138 Å². The maximum absolute atomic E-state index is 12.6. The molecule has 4 aliphatic heterocycles. The van der Waals surface area contributed by atoms with Crippen LogP contribution in [0.25, 0.3) is 11.1 Å². The molecule has 0 bridgehead atoms. The molecule has 0 aliphatic carbocycles. The summed E-state index contributed by atoms with van der Waals surface area (Å²) in [6.07, 6.45) is 1.87. The summed E-state index contributed by atoms with van der Waals surface area (Å²) in [7, 11) is 0. The maximum atomic E-state index is 12.6. The Morgan fingerprint density at radius 3 is 1.44 bits per heavy atom. The van der Waals surface area contributed by atoms with Crippen LogP contribution in [0.5, 0.6) is 0 Å². The number of thioether (sulfide) groups is 2. The van der Waals surface area contributed by atoms with Crippen molar-refractivity contribution < 1.29 is 55.2 Å². The molecular formula is C33H42N2NaO5S2-. The number of amides is 2. The van der Waals surface area contributed by atoms with Gasteiger partial charge in [-0.2, -0.15) is 23.5 Å². The van der Waals surface area contributed by atoms with Gasteiger partial charge in [0.1, 0.15) is 11.3 Å². The molecular weight excluding hydrogens is 591 g/mol. The van der Waals surface area contributed by atoms with E-state index in [1.807, 2.05) is 32.5 Å². The van der Waals surface area contributed by atoms with Crippen molar-refractivity contribution in [2.45, 2.75) is 72.4 Å². The van der Waals surface area contributed by atoms with Crippen LogP contribution >= 0.6 is 23.5 Å². The van der Waals surface area contributed by atoms with Crippen molar-refractivity contribution in [3.8, 4) is 0 Å². The van der Waals surface area contributed by atoms with Crippen molar-refractivity contribution in [2.24, 2.45) is 0 Å². The van der Waals surface area contributed by atoms with E-state index in [0.29, 0.717) is 5.57 Å². The van der Waals surface area contributed by atoms with Crippen LogP contribution < -0.4 is 40.2 Å². The zero-order chi connectivity index (χ0) is 29.0. The van der Waals surface area contributed by atoms with E-state index >= 15 is 0 Å². The Labute approximate surface area is 286 Å². The van der Waals surface area contributed by atoms with Crippen LogP contribution in [0, 0.1) is 41.5 Å². The van der Waals surface area contributed by atoms with Crippen molar-refractivity contribution in [3.05, 3.63) is 80.1 Å². The average molecular weight is 634 g/mol. The molecule has 6 rings (SSSR count). The van der Waals surface area contributed by atoms with Crippen LogP contribution in [0.1, 0.15) is 64.3 Å². The average Bonchev–Trinajstić information content (AvgIpc) is 3.62. The van der Waals surface area contributed by atoms with Crippen LogP contribution in [0.3, 0.4) is 0 Å². The fourth-order valence-corrected chi connectivity index (χ4v) is 9.72. The third-order valence-corrected chi connectivity index (χ3v) is 11.2. The van der Waals surface area contributed by atoms with E-state index in [-0.39, 0.29) is 63.6 Å². The molecule has 2 saturated heterocycles. The molecule has 2 atom stereocenters. The van der Waals surface area contributed by atoms with Gasteiger partial charge in [0.25, 0.3) is 11.8 Å². The molecule has 2 spiro atoms. The second kappa shape index (κ2) is 14.1. The Balaban J connectivity index is 0.000000281. The SMILES string of the molecule is CC1=C(c2c(C)cc(C)cc2C)C(=O)NC12CCSC2.Cc1cc(C)c(C2=C(O)C3(CCSC3)NC2=O)c(C)c1.[Na+].[OH-].[OH-]. The zero-order valence-corrected chi connectivity index (χ0v) is 30.2. The van der Waals surface area contributed by atoms with Gasteiger partial charge in [0.05, 0.1) is 11.1 Å². The van der Waals surface area contributed by atoms with E-state index in [0.717, 1.165) is 63.7 Å². The number of aliphatic hydroxyl groups is 1. The smallest absolute Gasteiger partial charge is 0.870 e. The molecule has 2 amide bonds. The molecule has 0 saturated carbocycles. The van der Waals surface area contributed by atoms with E-state index in [4.69, 9.17) is 0 Å². The van der Waals surface area contributed by atoms with Gasteiger partial charge in [0.2, 0.25) is 0 Å². The van der Waals surface area contributed by atoms with Crippen molar-refractivity contribution >= 4 is 46.5 Å². The number of carbonyl (C=O) groups excluding carboxylic acids is 2. The van der Waals surface area contributed by atoms with Gasteiger partial charge in [0, 0.05) is 17.1 Å². The molecule has 10 heteroatoms. The first-order valence-electron chi connectivity index (χ1n) is 14.0. The zero-order valence-electron chi connectivity index (χ0n) is 26.5. The Hall–Kier alpha value is -1.72. The molecule has 2 unspecified atom stereocenters. The van der Waals surface area contributed by atoms with Gasteiger partial charge in [-0.15, -0.1) is 0 Å². The molecule has 0 radical (unpaired) electrons. The van der Waals surface area contributed by atoms with Crippen molar-refractivity contribution in [3.63, 3.8) is 0 Å². The number of carbonyl (C=O) groups is 2. The molecule has 43 heavy (non-hydrogen) atoms. The summed E-state index contributed by atoms with van der Waals surface area (Å²) in [4.78, 5) is 25.0. The normalized spacial score (nSPS) is 23.9. The molecule has 2 aromatic carbocycles. The first-order chi connectivity index (χ1) is 18.9. The predicted molar refractivity (Wildman–Crippen MR) is 173 cm³/mol. The molecule has 228 valence electrons. The molecule has 2 aromatic rings. The monoisotopic (exact) mass is 633 g/mol. The number of hydrogen-bond donors (Lipinski definition) is 3. The molecule has 0 aromatic heterocycles. The fraction of sp³-hybridized carbons (Fsp3) is 0.455. The Morgan fingerprint density at radius 1 is 0.651 bits per heavy atom.